The van der Waals surface area contributed by atoms with Gasteiger partial charge in [0, 0.05) is 25.2 Å². The molecule has 4 nitrogen and oxygen atoms in total. The van der Waals surface area contributed by atoms with Gasteiger partial charge in [-0.1, -0.05) is 19.1 Å². The number of amides is 2. The number of hydrogen-bond donors (Lipinski definition) is 2. The van der Waals surface area contributed by atoms with Crippen molar-refractivity contribution >= 4 is 34.9 Å². The molecular weight excluding hydrogens is 308 g/mol. The Morgan fingerprint density at radius 1 is 1.22 bits per heavy atom. The van der Waals surface area contributed by atoms with Gasteiger partial charge in [0.1, 0.15) is 0 Å². The normalized spacial score (nSPS) is 12.1. The number of benzene rings is 1. The highest BCUT2D eigenvalue weighted by Gasteiger charge is 2.06. The molecule has 0 saturated heterocycles. The van der Waals surface area contributed by atoms with Crippen molar-refractivity contribution in [3.05, 3.63) is 58.3 Å². The van der Waals surface area contributed by atoms with E-state index in [1.165, 1.54) is 18.6 Å². The van der Waals surface area contributed by atoms with Crippen LogP contribution in [0, 0.1) is 0 Å². The minimum Gasteiger partial charge on any atom is -0.352 e. The second kappa shape index (κ2) is 8.29. The Hall–Kier alpha value is -2.40. The smallest absolute Gasteiger partial charge is 0.244 e. The fourth-order valence-electron chi connectivity index (χ4n) is 2.04. The third kappa shape index (κ3) is 5.71. The SMILES string of the molecule is CC(=O)Nc1ccc(/C=C/C(=O)NC[C@@H](C)c2ccsc2)cc1. The summed E-state index contributed by atoms with van der Waals surface area (Å²) >= 11 is 1.66. The molecule has 0 unspecified atom stereocenters. The molecule has 1 atom stereocenters. The summed E-state index contributed by atoms with van der Waals surface area (Å²) in [4.78, 5) is 22.8. The van der Waals surface area contributed by atoms with Crippen LogP contribution in [-0.4, -0.2) is 18.4 Å². The third-order valence-electron chi connectivity index (χ3n) is 3.35. The largest absolute Gasteiger partial charge is 0.352 e. The summed E-state index contributed by atoms with van der Waals surface area (Å²) in [5.74, 6) is 0.0842. The molecule has 2 aromatic rings. The van der Waals surface area contributed by atoms with Crippen LogP contribution in [0.3, 0.4) is 0 Å². The molecule has 0 aliphatic heterocycles. The highest BCUT2D eigenvalue weighted by atomic mass is 32.1. The number of thiophene rings is 1. The van der Waals surface area contributed by atoms with Crippen LogP contribution in [0.2, 0.25) is 0 Å². The average Bonchev–Trinajstić information content (AvgIpc) is 3.06. The van der Waals surface area contributed by atoms with Crippen molar-refractivity contribution in [3.8, 4) is 0 Å². The van der Waals surface area contributed by atoms with Crippen LogP contribution < -0.4 is 10.6 Å². The molecule has 0 spiro atoms. The topological polar surface area (TPSA) is 58.2 Å². The Balaban J connectivity index is 1.82. The molecule has 1 aromatic carbocycles. The van der Waals surface area contributed by atoms with Gasteiger partial charge < -0.3 is 10.6 Å². The lowest BCUT2D eigenvalue weighted by molar-refractivity contribution is -0.116. The van der Waals surface area contributed by atoms with E-state index in [4.69, 9.17) is 0 Å². The molecule has 0 fully saturated rings. The Morgan fingerprint density at radius 2 is 1.96 bits per heavy atom. The van der Waals surface area contributed by atoms with Gasteiger partial charge >= 0.3 is 0 Å². The monoisotopic (exact) mass is 328 g/mol. The standard InChI is InChI=1S/C18H20N2O2S/c1-13(16-9-10-23-12-16)11-19-18(22)8-5-15-3-6-17(7-4-15)20-14(2)21/h3-10,12-13H,11H2,1-2H3,(H,19,22)(H,20,21)/b8-5+/t13-/m1/s1. The van der Waals surface area contributed by atoms with Gasteiger partial charge in [-0.2, -0.15) is 11.3 Å². The quantitative estimate of drug-likeness (QED) is 0.795. The maximum absolute atomic E-state index is 11.9. The van der Waals surface area contributed by atoms with Gasteiger partial charge in [-0.25, -0.2) is 0 Å². The van der Waals surface area contributed by atoms with Crippen LogP contribution in [0.5, 0.6) is 0 Å². The number of nitrogens with one attached hydrogen (secondary N) is 2. The summed E-state index contributed by atoms with van der Waals surface area (Å²) < 4.78 is 0. The molecule has 120 valence electrons. The van der Waals surface area contributed by atoms with Crippen LogP contribution in [0.25, 0.3) is 6.08 Å². The van der Waals surface area contributed by atoms with E-state index in [9.17, 15) is 9.59 Å². The van der Waals surface area contributed by atoms with Crippen molar-refractivity contribution in [1.82, 2.24) is 5.32 Å². The van der Waals surface area contributed by atoms with Crippen LogP contribution in [0.4, 0.5) is 5.69 Å². The van der Waals surface area contributed by atoms with E-state index in [0.29, 0.717) is 12.5 Å². The third-order valence-corrected chi connectivity index (χ3v) is 4.05. The average molecular weight is 328 g/mol. The van der Waals surface area contributed by atoms with Gasteiger partial charge in [-0.3, -0.25) is 9.59 Å². The first-order chi connectivity index (χ1) is 11.0. The maximum atomic E-state index is 11.9. The summed E-state index contributed by atoms with van der Waals surface area (Å²) in [7, 11) is 0. The van der Waals surface area contributed by atoms with Crippen molar-refractivity contribution in [2.24, 2.45) is 0 Å². The van der Waals surface area contributed by atoms with E-state index >= 15 is 0 Å². The molecule has 23 heavy (non-hydrogen) atoms. The van der Waals surface area contributed by atoms with Crippen molar-refractivity contribution in [2.45, 2.75) is 19.8 Å². The molecule has 5 heteroatoms. The highest BCUT2D eigenvalue weighted by molar-refractivity contribution is 7.07. The Bertz CT molecular complexity index is 676. The first-order valence-corrected chi connectivity index (χ1v) is 8.34. The molecule has 0 aliphatic carbocycles. The molecule has 0 radical (unpaired) electrons. The Kier molecular flexibility index (Phi) is 6.11. The van der Waals surface area contributed by atoms with Crippen molar-refractivity contribution < 1.29 is 9.59 Å². The summed E-state index contributed by atoms with van der Waals surface area (Å²) in [5.41, 5.74) is 2.89. The molecule has 0 bridgehead atoms. The number of carbonyl (C=O) groups is 2. The van der Waals surface area contributed by atoms with E-state index in [2.05, 4.69) is 29.0 Å². The van der Waals surface area contributed by atoms with E-state index < -0.39 is 0 Å². The second-order valence-electron chi connectivity index (χ2n) is 5.34. The zero-order chi connectivity index (χ0) is 16.7. The fourth-order valence-corrected chi connectivity index (χ4v) is 2.82. The van der Waals surface area contributed by atoms with E-state index in [1.54, 1.807) is 29.5 Å². The minimum atomic E-state index is -0.113. The first-order valence-electron chi connectivity index (χ1n) is 7.40. The molecule has 1 heterocycles. The summed E-state index contributed by atoms with van der Waals surface area (Å²) in [5, 5.41) is 9.74. The molecule has 2 amide bonds. The van der Waals surface area contributed by atoms with Crippen LogP contribution in [0.15, 0.2) is 47.2 Å². The van der Waals surface area contributed by atoms with Gasteiger partial charge in [0.25, 0.3) is 0 Å². The highest BCUT2D eigenvalue weighted by Crippen LogP contribution is 2.17. The van der Waals surface area contributed by atoms with Crippen molar-refractivity contribution in [3.63, 3.8) is 0 Å². The lowest BCUT2D eigenvalue weighted by atomic mass is 10.1. The van der Waals surface area contributed by atoms with Gasteiger partial charge in [0.05, 0.1) is 0 Å². The lowest BCUT2D eigenvalue weighted by Gasteiger charge is -2.09. The minimum absolute atomic E-state index is 0.104. The lowest BCUT2D eigenvalue weighted by Crippen LogP contribution is -2.25. The van der Waals surface area contributed by atoms with Gasteiger partial charge in [0.15, 0.2) is 0 Å². The molecule has 0 saturated carbocycles. The predicted octanol–water partition coefficient (Wildman–Crippen LogP) is 3.64. The summed E-state index contributed by atoms with van der Waals surface area (Å²) in [6.07, 6.45) is 3.27. The summed E-state index contributed by atoms with van der Waals surface area (Å²) in [6, 6.07) is 9.38. The molecular formula is C18H20N2O2S. The first kappa shape index (κ1) is 17.0. The van der Waals surface area contributed by atoms with Crippen LogP contribution in [-0.2, 0) is 9.59 Å². The van der Waals surface area contributed by atoms with Crippen LogP contribution in [0.1, 0.15) is 30.9 Å². The van der Waals surface area contributed by atoms with Crippen LogP contribution >= 0.6 is 11.3 Å². The molecule has 1 aromatic heterocycles. The molecule has 0 aliphatic rings. The zero-order valence-corrected chi connectivity index (χ0v) is 14.0. The predicted molar refractivity (Wildman–Crippen MR) is 95.5 cm³/mol. The van der Waals surface area contributed by atoms with Gasteiger partial charge in [-0.05, 0) is 52.1 Å². The van der Waals surface area contributed by atoms with Crippen molar-refractivity contribution in [2.75, 3.05) is 11.9 Å². The van der Waals surface area contributed by atoms with E-state index in [1.807, 2.05) is 17.5 Å². The van der Waals surface area contributed by atoms with Gasteiger partial charge in [-0.15, -0.1) is 0 Å². The molecule has 2 N–H and O–H groups in total. The number of carbonyl (C=O) groups excluding carboxylic acids is 2. The zero-order valence-electron chi connectivity index (χ0n) is 13.2. The maximum Gasteiger partial charge on any atom is 0.244 e. The molecule has 2 rings (SSSR count). The second-order valence-corrected chi connectivity index (χ2v) is 6.12. The Labute approximate surface area is 140 Å². The number of anilines is 1. The summed E-state index contributed by atoms with van der Waals surface area (Å²) in [6.45, 7) is 4.17. The fraction of sp³-hybridized carbons (Fsp3) is 0.222. The van der Waals surface area contributed by atoms with Crippen molar-refractivity contribution in [1.29, 1.82) is 0 Å². The number of rotatable bonds is 6. The van der Waals surface area contributed by atoms with E-state index in [0.717, 1.165) is 11.3 Å². The number of hydrogen-bond acceptors (Lipinski definition) is 3. The Morgan fingerprint density at radius 3 is 2.57 bits per heavy atom. The van der Waals surface area contributed by atoms with Gasteiger partial charge in [0.2, 0.25) is 11.8 Å². The van der Waals surface area contributed by atoms with E-state index in [-0.39, 0.29) is 11.8 Å².